The molecule has 1 heterocycles. The number of anilines is 1. The highest BCUT2D eigenvalue weighted by Gasteiger charge is 2.26. The molecule has 1 N–H and O–H groups in total. The fraction of sp³-hybridized carbons (Fsp3) is 0.231. The molecule has 36 heavy (non-hydrogen) atoms. The molecule has 0 atom stereocenters. The summed E-state index contributed by atoms with van der Waals surface area (Å²) < 4.78 is 10.9. The normalized spacial score (nSPS) is 13.1. The monoisotopic (exact) mass is 506 g/mol. The average molecular weight is 507 g/mol. The molecule has 1 saturated heterocycles. The highest BCUT2D eigenvalue weighted by molar-refractivity contribution is 7.80. The molecule has 1 aliphatic heterocycles. The number of nitro groups is 1. The fourth-order valence-electron chi connectivity index (χ4n) is 3.89. The van der Waals surface area contributed by atoms with E-state index in [1.807, 2.05) is 40.1 Å². The number of rotatable bonds is 7. The first kappa shape index (κ1) is 24.9. The number of carbonyl (C=O) groups excluding carboxylic acids is 1. The number of nitro benzene ring substituents is 1. The maximum atomic E-state index is 12.7. The highest BCUT2D eigenvalue weighted by atomic mass is 32.1. The van der Waals surface area contributed by atoms with Crippen LogP contribution in [0.3, 0.4) is 0 Å². The van der Waals surface area contributed by atoms with E-state index in [1.54, 1.807) is 36.4 Å². The summed E-state index contributed by atoms with van der Waals surface area (Å²) in [5, 5.41) is 14.6. The Balaban J connectivity index is 1.29. The second-order valence-electron chi connectivity index (χ2n) is 8.14. The molecule has 0 unspecified atom stereocenters. The average Bonchev–Trinajstić information content (AvgIpc) is 2.92. The van der Waals surface area contributed by atoms with Crippen LogP contribution in [0.15, 0.2) is 72.8 Å². The number of hydrogen-bond donors (Lipinski definition) is 1. The topological polar surface area (TPSA) is 97.2 Å². The number of benzene rings is 3. The van der Waals surface area contributed by atoms with Crippen LogP contribution in [-0.4, -0.2) is 54.1 Å². The summed E-state index contributed by atoms with van der Waals surface area (Å²) in [6.45, 7) is 2.54. The van der Waals surface area contributed by atoms with Crippen LogP contribution in [0.25, 0.3) is 0 Å². The second-order valence-corrected chi connectivity index (χ2v) is 8.53. The van der Waals surface area contributed by atoms with Crippen molar-refractivity contribution in [2.24, 2.45) is 0 Å². The highest BCUT2D eigenvalue weighted by Crippen LogP contribution is 2.32. The van der Waals surface area contributed by atoms with Crippen molar-refractivity contribution in [2.45, 2.75) is 6.61 Å². The SMILES string of the molecule is COc1ccc(N2CCN(C(=S)NC(=O)c3ccc(OCc4ccccc4)cc3)CC2)c([N+](=O)[O-])c1. The van der Waals surface area contributed by atoms with E-state index in [4.69, 9.17) is 21.7 Å². The van der Waals surface area contributed by atoms with E-state index in [1.165, 1.54) is 13.2 Å². The van der Waals surface area contributed by atoms with Gasteiger partial charge < -0.3 is 19.3 Å². The lowest BCUT2D eigenvalue weighted by atomic mass is 10.2. The number of amides is 1. The van der Waals surface area contributed by atoms with Crippen molar-refractivity contribution in [1.82, 2.24) is 10.2 Å². The molecule has 0 radical (unpaired) electrons. The molecule has 0 bridgehead atoms. The largest absolute Gasteiger partial charge is 0.496 e. The molecule has 1 amide bonds. The summed E-state index contributed by atoms with van der Waals surface area (Å²) in [4.78, 5) is 27.6. The number of piperazine rings is 1. The molecule has 0 saturated carbocycles. The van der Waals surface area contributed by atoms with Crippen molar-refractivity contribution >= 4 is 34.6 Å². The molecular formula is C26H26N4O5S. The van der Waals surface area contributed by atoms with Gasteiger partial charge in [0.25, 0.3) is 11.6 Å². The Labute approximate surface area is 214 Å². The first-order valence-corrected chi connectivity index (χ1v) is 11.8. The lowest BCUT2D eigenvalue weighted by molar-refractivity contribution is -0.384. The minimum Gasteiger partial charge on any atom is -0.496 e. The van der Waals surface area contributed by atoms with Crippen molar-refractivity contribution in [3.63, 3.8) is 0 Å². The van der Waals surface area contributed by atoms with Crippen LogP contribution < -0.4 is 19.7 Å². The van der Waals surface area contributed by atoms with Gasteiger partial charge in [-0.1, -0.05) is 30.3 Å². The predicted octanol–water partition coefficient (Wildman–Crippen LogP) is 4.02. The fourth-order valence-corrected chi connectivity index (χ4v) is 4.16. The van der Waals surface area contributed by atoms with Crippen molar-refractivity contribution in [3.05, 3.63) is 94.0 Å². The Kier molecular flexibility index (Phi) is 7.96. The minimum absolute atomic E-state index is 0.00475. The van der Waals surface area contributed by atoms with Crippen LogP contribution in [0.5, 0.6) is 11.5 Å². The minimum atomic E-state index is -0.410. The summed E-state index contributed by atoms with van der Waals surface area (Å²) in [6, 6.07) is 21.6. The van der Waals surface area contributed by atoms with Crippen LogP contribution in [0.1, 0.15) is 15.9 Å². The summed E-state index contributed by atoms with van der Waals surface area (Å²) in [6.07, 6.45) is 0. The second kappa shape index (κ2) is 11.5. The van der Waals surface area contributed by atoms with E-state index in [9.17, 15) is 14.9 Å². The number of carbonyl (C=O) groups is 1. The smallest absolute Gasteiger partial charge is 0.296 e. The molecule has 1 fully saturated rings. The van der Waals surface area contributed by atoms with Crippen molar-refractivity contribution in [2.75, 3.05) is 38.2 Å². The molecule has 4 rings (SSSR count). The first-order chi connectivity index (χ1) is 17.4. The quantitative estimate of drug-likeness (QED) is 0.292. The van der Waals surface area contributed by atoms with Gasteiger partial charge in [0.1, 0.15) is 23.8 Å². The molecule has 3 aromatic rings. The van der Waals surface area contributed by atoms with E-state index in [-0.39, 0.29) is 11.6 Å². The van der Waals surface area contributed by atoms with Gasteiger partial charge in [0.2, 0.25) is 0 Å². The third kappa shape index (κ3) is 6.08. The maximum absolute atomic E-state index is 12.7. The van der Waals surface area contributed by atoms with Gasteiger partial charge in [0.05, 0.1) is 18.1 Å². The van der Waals surface area contributed by atoms with Crippen molar-refractivity contribution < 1.29 is 19.2 Å². The van der Waals surface area contributed by atoms with Gasteiger partial charge >= 0.3 is 0 Å². The van der Waals surface area contributed by atoms with Crippen molar-refractivity contribution in [3.8, 4) is 11.5 Å². The molecule has 186 valence electrons. The predicted molar refractivity (Wildman–Crippen MR) is 141 cm³/mol. The van der Waals surface area contributed by atoms with Gasteiger partial charge in [-0.3, -0.25) is 20.2 Å². The molecule has 10 heteroatoms. The number of nitrogens with one attached hydrogen (secondary N) is 1. The van der Waals surface area contributed by atoms with Gasteiger partial charge in [-0.15, -0.1) is 0 Å². The Hall–Kier alpha value is -4.18. The van der Waals surface area contributed by atoms with E-state index in [0.717, 1.165) is 5.56 Å². The molecule has 0 spiro atoms. The van der Waals surface area contributed by atoms with Crippen LogP contribution in [-0.2, 0) is 6.61 Å². The van der Waals surface area contributed by atoms with Gasteiger partial charge in [0, 0.05) is 31.7 Å². The van der Waals surface area contributed by atoms with E-state index < -0.39 is 4.92 Å². The first-order valence-electron chi connectivity index (χ1n) is 11.4. The summed E-state index contributed by atoms with van der Waals surface area (Å²) in [5.74, 6) is 0.799. The molecule has 1 aliphatic rings. The number of hydrogen-bond acceptors (Lipinski definition) is 7. The number of thiocarbonyl (C=S) groups is 1. The Morgan fingerprint density at radius 3 is 2.31 bits per heavy atom. The molecule has 3 aromatic carbocycles. The zero-order valence-electron chi connectivity index (χ0n) is 19.8. The Morgan fingerprint density at radius 2 is 1.67 bits per heavy atom. The zero-order valence-corrected chi connectivity index (χ0v) is 20.6. The number of ether oxygens (including phenoxy) is 2. The van der Waals surface area contributed by atoms with Gasteiger partial charge in [0.15, 0.2) is 5.11 Å². The van der Waals surface area contributed by atoms with Crippen LogP contribution >= 0.6 is 12.2 Å². The van der Waals surface area contributed by atoms with E-state index >= 15 is 0 Å². The molecular weight excluding hydrogens is 480 g/mol. The van der Waals surface area contributed by atoms with Gasteiger partial charge in [-0.2, -0.15) is 0 Å². The van der Waals surface area contributed by atoms with E-state index in [2.05, 4.69) is 5.32 Å². The lowest BCUT2D eigenvalue weighted by Crippen LogP contribution is -2.52. The Morgan fingerprint density at radius 1 is 1.00 bits per heavy atom. The van der Waals surface area contributed by atoms with Crippen molar-refractivity contribution in [1.29, 1.82) is 0 Å². The number of methoxy groups -OCH3 is 1. The summed E-state index contributed by atoms with van der Waals surface area (Å²) in [5.41, 5.74) is 2.06. The van der Waals surface area contributed by atoms with Crippen LogP contribution in [0.2, 0.25) is 0 Å². The molecule has 9 nitrogen and oxygen atoms in total. The molecule has 0 aromatic heterocycles. The maximum Gasteiger partial charge on any atom is 0.296 e. The van der Waals surface area contributed by atoms with Crippen LogP contribution in [0, 0.1) is 10.1 Å². The number of nitrogens with zero attached hydrogens (tertiary/aromatic N) is 3. The third-order valence-corrected chi connectivity index (χ3v) is 6.23. The van der Waals surface area contributed by atoms with E-state index in [0.29, 0.717) is 60.6 Å². The molecule has 0 aliphatic carbocycles. The zero-order chi connectivity index (χ0) is 25.5. The summed E-state index contributed by atoms with van der Waals surface area (Å²) in [7, 11) is 1.47. The summed E-state index contributed by atoms with van der Waals surface area (Å²) >= 11 is 5.45. The Bertz CT molecular complexity index is 1230. The van der Waals surface area contributed by atoms with Gasteiger partial charge in [-0.25, -0.2) is 0 Å². The van der Waals surface area contributed by atoms with Crippen LogP contribution in [0.4, 0.5) is 11.4 Å². The van der Waals surface area contributed by atoms with Gasteiger partial charge in [-0.05, 0) is 54.2 Å². The lowest BCUT2D eigenvalue weighted by Gasteiger charge is -2.37. The standard InChI is InChI=1S/C26H26N4O5S/c1-34-22-11-12-23(24(17-22)30(32)33)28-13-15-29(16-14-28)26(36)27-25(31)20-7-9-21(10-8-20)35-18-19-5-3-2-4-6-19/h2-12,17H,13-16,18H2,1H3,(H,27,31,36). The third-order valence-electron chi connectivity index (χ3n) is 5.87.